The number of aliphatic hydroxyl groups is 2. The second-order valence-electron chi connectivity index (χ2n) is 11.9. The number of allylic oxidation sites excluding steroid dienone is 1. The van der Waals surface area contributed by atoms with Crippen LogP contribution in [0, 0.1) is 22.7 Å². The first-order valence-electron chi connectivity index (χ1n) is 13.7. The van der Waals surface area contributed by atoms with Gasteiger partial charge in [-0.25, -0.2) is 0 Å². The first kappa shape index (κ1) is 29.4. The summed E-state index contributed by atoms with van der Waals surface area (Å²) in [5.74, 6) is 0.637. The van der Waals surface area contributed by atoms with E-state index in [1.165, 1.54) is 0 Å². The lowest BCUT2D eigenvalue weighted by atomic mass is 9.44. The molecule has 10 heteroatoms. The van der Waals surface area contributed by atoms with Gasteiger partial charge < -0.3 is 10.2 Å². The monoisotopic (exact) mass is 559 g/mol. The standard InChI is InChI=1S/C28H40F3NO5S/c1-3-27-15-14-18-16-20(32-38(35,36)37)10-11-21(18)25(27)19(17-26(2)22(27)12-13-23(26)33)8-6-4-5-7-9-24(34)28(29,30)31/h3,10-11,16,19,22-25,32-34H,1,4-9,12-15,17H2,2H3,(H,35,36,37)/t19-,22+,23-,24?,25+,26-,27-/m0/s1. The van der Waals surface area contributed by atoms with Crippen LogP contribution in [0.25, 0.3) is 0 Å². The zero-order valence-electron chi connectivity index (χ0n) is 21.9. The number of hydrogen-bond acceptors (Lipinski definition) is 4. The van der Waals surface area contributed by atoms with Gasteiger partial charge in [0, 0.05) is 0 Å². The Bertz CT molecular complexity index is 1130. The van der Waals surface area contributed by atoms with Gasteiger partial charge >= 0.3 is 16.5 Å². The van der Waals surface area contributed by atoms with Crippen LogP contribution >= 0.6 is 0 Å². The molecule has 1 aromatic carbocycles. The summed E-state index contributed by atoms with van der Waals surface area (Å²) < 4.78 is 71.8. The van der Waals surface area contributed by atoms with Gasteiger partial charge in [-0.3, -0.25) is 9.27 Å². The van der Waals surface area contributed by atoms with Gasteiger partial charge in [-0.2, -0.15) is 21.6 Å². The van der Waals surface area contributed by atoms with Gasteiger partial charge in [0.1, 0.15) is 6.10 Å². The summed E-state index contributed by atoms with van der Waals surface area (Å²) in [5, 5.41) is 20.3. The maximum Gasteiger partial charge on any atom is 0.414 e. The summed E-state index contributed by atoms with van der Waals surface area (Å²) in [4.78, 5) is 0. The van der Waals surface area contributed by atoms with Crippen molar-refractivity contribution in [1.29, 1.82) is 0 Å². The van der Waals surface area contributed by atoms with Crippen molar-refractivity contribution in [2.75, 3.05) is 4.72 Å². The van der Waals surface area contributed by atoms with Gasteiger partial charge in [0.25, 0.3) is 0 Å². The van der Waals surface area contributed by atoms with Crippen LogP contribution in [-0.4, -0.2) is 41.6 Å². The highest BCUT2D eigenvalue weighted by molar-refractivity contribution is 7.87. The van der Waals surface area contributed by atoms with E-state index in [1.807, 2.05) is 6.07 Å². The molecule has 0 radical (unpaired) electrons. The van der Waals surface area contributed by atoms with Crippen molar-refractivity contribution >= 4 is 16.0 Å². The molecule has 1 unspecified atom stereocenters. The van der Waals surface area contributed by atoms with E-state index < -0.39 is 22.6 Å². The fourth-order valence-electron chi connectivity index (χ4n) is 8.18. The van der Waals surface area contributed by atoms with E-state index >= 15 is 0 Å². The van der Waals surface area contributed by atoms with Crippen molar-refractivity contribution in [3.05, 3.63) is 42.0 Å². The van der Waals surface area contributed by atoms with Gasteiger partial charge in [0.15, 0.2) is 0 Å². The number of hydrogen-bond donors (Lipinski definition) is 4. The Labute approximate surface area is 223 Å². The summed E-state index contributed by atoms with van der Waals surface area (Å²) >= 11 is 0. The minimum atomic E-state index is -4.57. The first-order valence-corrected chi connectivity index (χ1v) is 15.1. The van der Waals surface area contributed by atoms with E-state index in [4.69, 9.17) is 0 Å². The van der Waals surface area contributed by atoms with E-state index in [0.717, 1.165) is 62.5 Å². The van der Waals surface area contributed by atoms with Crippen LogP contribution in [0.5, 0.6) is 0 Å². The molecular formula is C28H40F3NO5S. The number of aliphatic hydroxyl groups excluding tert-OH is 2. The number of aryl methyl sites for hydroxylation is 1. The zero-order valence-corrected chi connectivity index (χ0v) is 22.7. The van der Waals surface area contributed by atoms with Crippen LogP contribution in [-0.2, 0) is 16.7 Å². The van der Waals surface area contributed by atoms with E-state index in [-0.39, 0.29) is 41.1 Å². The molecule has 6 nitrogen and oxygen atoms in total. The lowest BCUT2D eigenvalue weighted by Crippen LogP contribution is -2.54. The molecule has 2 saturated carbocycles. The number of nitrogens with one attached hydrogen (secondary N) is 1. The number of anilines is 1. The van der Waals surface area contributed by atoms with Gasteiger partial charge in [-0.1, -0.05) is 44.7 Å². The summed E-state index contributed by atoms with van der Waals surface area (Å²) in [6, 6.07) is 5.41. The third kappa shape index (κ3) is 5.64. The molecule has 0 spiro atoms. The summed E-state index contributed by atoms with van der Waals surface area (Å²) in [5.41, 5.74) is 2.05. The number of unbranched alkanes of at least 4 members (excludes halogenated alkanes) is 3. The summed E-state index contributed by atoms with van der Waals surface area (Å²) in [6.45, 7) is 6.48. The maximum absolute atomic E-state index is 12.6. The predicted octanol–water partition coefficient (Wildman–Crippen LogP) is 6.16. The van der Waals surface area contributed by atoms with Crippen molar-refractivity contribution < 1.29 is 36.4 Å². The van der Waals surface area contributed by atoms with E-state index in [1.54, 1.807) is 12.1 Å². The second-order valence-corrected chi connectivity index (χ2v) is 13.1. The van der Waals surface area contributed by atoms with E-state index in [2.05, 4.69) is 24.3 Å². The molecule has 1 aromatic rings. The fourth-order valence-corrected chi connectivity index (χ4v) is 8.60. The van der Waals surface area contributed by atoms with Gasteiger partial charge in [-0.05, 0) is 96.8 Å². The highest BCUT2D eigenvalue weighted by Crippen LogP contribution is 2.69. The molecule has 214 valence electrons. The Kier molecular flexibility index (Phi) is 8.30. The normalized spacial score (nSPS) is 33.7. The minimum Gasteiger partial charge on any atom is -0.393 e. The Morgan fingerprint density at radius 2 is 1.92 bits per heavy atom. The van der Waals surface area contributed by atoms with Gasteiger partial charge in [-0.15, -0.1) is 6.58 Å². The van der Waals surface area contributed by atoms with Crippen molar-refractivity contribution in [3.8, 4) is 0 Å². The molecule has 0 aromatic heterocycles. The van der Waals surface area contributed by atoms with Crippen molar-refractivity contribution in [2.24, 2.45) is 22.7 Å². The topological polar surface area (TPSA) is 107 Å². The predicted molar refractivity (Wildman–Crippen MR) is 140 cm³/mol. The number of fused-ring (bicyclic) bond motifs is 5. The molecular weight excluding hydrogens is 519 g/mol. The smallest absolute Gasteiger partial charge is 0.393 e. The van der Waals surface area contributed by atoms with Gasteiger partial charge in [0.05, 0.1) is 11.8 Å². The number of rotatable bonds is 10. The Balaban J connectivity index is 1.56. The third-order valence-electron chi connectivity index (χ3n) is 9.80. The van der Waals surface area contributed by atoms with Crippen molar-refractivity contribution in [1.82, 2.24) is 0 Å². The fraction of sp³-hybridized carbons (Fsp3) is 0.714. The molecule has 0 heterocycles. The Morgan fingerprint density at radius 1 is 1.21 bits per heavy atom. The first-order chi connectivity index (χ1) is 17.7. The molecule has 3 aliphatic carbocycles. The molecule has 7 atom stereocenters. The number of benzene rings is 1. The summed E-state index contributed by atoms with van der Waals surface area (Å²) in [6.07, 6.45) is 2.06. The Hall–Kier alpha value is -1.62. The molecule has 38 heavy (non-hydrogen) atoms. The third-order valence-corrected chi connectivity index (χ3v) is 10.3. The van der Waals surface area contributed by atoms with Crippen LogP contribution in [0.4, 0.5) is 18.9 Å². The SMILES string of the molecule is C=C[C@@]12CCc3cc(NS(=O)(=O)O)ccc3[C@H]1[C@@H](CCCCCCC(O)C(F)(F)F)C[C@@]1(C)[C@H]2CC[C@@H]1O. The van der Waals surface area contributed by atoms with Crippen LogP contribution in [0.15, 0.2) is 30.9 Å². The highest BCUT2D eigenvalue weighted by atomic mass is 32.2. The Morgan fingerprint density at radius 3 is 2.58 bits per heavy atom. The molecule has 0 aliphatic heterocycles. The number of halogens is 3. The zero-order chi connectivity index (χ0) is 27.9. The number of alkyl halides is 3. The molecule has 3 aliphatic rings. The van der Waals surface area contributed by atoms with Crippen LogP contribution < -0.4 is 4.72 Å². The van der Waals surface area contributed by atoms with Crippen molar-refractivity contribution in [2.45, 2.75) is 102 Å². The van der Waals surface area contributed by atoms with E-state index in [9.17, 15) is 36.4 Å². The maximum atomic E-state index is 12.6. The van der Waals surface area contributed by atoms with Crippen molar-refractivity contribution in [3.63, 3.8) is 0 Å². The second kappa shape index (κ2) is 10.7. The lowest BCUT2D eigenvalue weighted by Gasteiger charge is -2.60. The van der Waals surface area contributed by atoms with Crippen LogP contribution in [0.2, 0.25) is 0 Å². The molecule has 0 saturated heterocycles. The van der Waals surface area contributed by atoms with Crippen LogP contribution in [0.3, 0.4) is 0 Å². The molecule has 0 amide bonds. The summed E-state index contributed by atoms with van der Waals surface area (Å²) in [7, 11) is -4.39. The van der Waals surface area contributed by atoms with Gasteiger partial charge in [0.2, 0.25) is 0 Å². The highest BCUT2D eigenvalue weighted by Gasteiger charge is 2.63. The van der Waals surface area contributed by atoms with Crippen LogP contribution in [0.1, 0.15) is 88.2 Å². The quantitative estimate of drug-likeness (QED) is 0.156. The minimum absolute atomic E-state index is 0.138. The van der Waals surface area contributed by atoms with E-state index in [0.29, 0.717) is 18.5 Å². The lowest BCUT2D eigenvalue weighted by molar-refractivity contribution is -0.205. The largest absolute Gasteiger partial charge is 0.414 e. The molecule has 4 N–H and O–H groups in total. The molecule has 4 rings (SSSR count). The molecule has 0 bridgehead atoms. The molecule has 2 fully saturated rings. The average Bonchev–Trinajstić information content (AvgIpc) is 3.13. The average molecular weight is 560 g/mol.